The van der Waals surface area contributed by atoms with Gasteiger partial charge in [-0.25, -0.2) is 0 Å². The highest BCUT2D eigenvalue weighted by molar-refractivity contribution is 6.55. The number of anilines is 1. The first-order valence-corrected chi connectivity index (χ1v) is 12.3. The molecule has 182 valence electrons. The highest BCUT2D eigenvalue weighted by Gasteiger charge is 2.21. The average molecular weight is 615 g/mol. The molecule has 0 fully saturated rings. The summed E-state index contributed by atoms with van der Waals surface area (Å²) in [5, 5.41) is 8.06. The van der Waals surface area contributed by atoms with Crippen molar-refractivity contribution in [1.29, 1.82) is 0 Å². The summed E-state index contributed by atoms with van der Waals surface area (Å²) < 4.78 is 12.8. The molecule has 0 aliphatic carbocycles. The van der Waals surface area contributed by atoms with Gasteiger partial charge in [-0.3, -0.25) is 9.48 Å². The Kier molecular flexibility index (Phi) is 8.34. The Hall–Kier alpha value is -1.77. The fourth-order valence-electron chi connectivity index (χ4n) is 2.97. The van der Waals surface area contributed by atoms with E-state index in [-0.39, 0.29) is 43.2 Å². The van der Waals surface area contributed by atoms with Crippen LogP contribution in [-0.4, -0.2) is 15.7 Å². The van der Waals surface area contributed by atoms with Crippen molar-refractivity contribution in [1.82, 2.24) is 9.78 Å². The maximum absolute atomic E-state index is 12.6. The number of ether oxygens (including phenoxy) is 1. The highest BCUT2D eigenvalue weighted by atomic mass is 35.5. The number of carbonyl (C=O) groups excluding carboxylic acids is 1. The maximum Gasteiger partial charge on any atom is 0.292 e. The number of carbonyl (C=O) groups is 1. The molecule has 35 heavy (non-hydrogen) atoms. The Labute approximate surface area is 234 Å². The Morgan fingerprint density at radius 3 is 2.17 bits per heavy atom. The highest BCUT2D eigenvalue weighted by Crippen LogP contribution is 2.48. The van der Waals surface area contributed by atoms with Crippen molar-refractivity contribution in [2.75, 3.05) is 5.32 Å². The molecule has 2 heterocycles. The third kappa shape index (κ3) is 5.81. The lowest BCUT2D eigenvalue weighted by Crippen LogP contribution is -2.12. The Balaban J connectivity index is 1.40. The molecule has 0 saturated heterocycles. The van der Waals surface area contributed by atoms with Crippen LogP contribution < -0.4 is 10.1 Å². The zero-order chi connectivity index (χ0) is 25.3. The van der Waals surface area contributed by atoms with Crippen molar-refractivity contribution in [3.05, 3.63) is 94.8 Å². The second-order valence-corrected chi connectivity index (χ2v) is 9.71. The fourth-order valence-corrected chi connectivity index (χ4v) is 4.72. The summed E-state index contributed by atoms with van der Waals surface area (Å²) in [6.45, 7) is 0.231. The van der Waals surface area contributed by atoms with Gasteiger partial charge in [0, 0.05) is 27.9 Å². The fraction of sp³-hybridized carbons (Fsp3) is 0.0909. The summed E-state index contributed by atoms with van der Waals surface area (Å²) in [4.78, 5) is 12.6. The largest absolute Gasteiger partial charge is 0.482 e. The van der Waals surface area contributed by atoms with E-state index in [1.807, 2.05) is 0 Å². The number of amides is 1. The first-order chi connectivity index (χ1) is 16.7. The van der Waals surface area contributed by atoms with Crippen LogP contribution >= 0.6 is 81.2 Å². The van der Waals surface area contributed by atoms with Crippen molar-refractivity contribution >= 4 is 92.9 Å². The lowest BCUT2D eigenvalue weighted by molar-refractivity contribution is 0.0992. The van der Waals surface area contributed by atoms with Crippen LogP contribution in [0.3, 0.4) is 0 Å². The minimum Gasteiger partial charge on any atom is -0.482 e. The lowest BCUT2D eigenvalue weighted by atomic mass is 10.2. The lowest BCUT2D eigenvalue weighted by Gasteiger charge is -2.12. The van der Waals surface area contributed by atoms with Gasteiger partial charge in [0.25, 0.3) is 5.91 Å². The normalized spacial score (nSPS) is 11.1. The summed E-state index contributed by atoms with van der Waals surface area (Å²) in [6, 6.07) is 9.92. The molecule has 2 aromatic heterocycles. The van der Waals surface area contributed by atoms with Gasteiger partial charge < -0.3 is 14.5 Å². The topological polar surface area (TPSA) is 69.3 Å². The summed E-state index contributed by atoms with van der Waals surface area (Å²) >= 11 is 42.8. The molecule has 0 radical (unpaired) electrons. The van der Waals surface area contributed by atoms with Crippen molar-refractivity contribution in [3.8, 4) is 5.75 Å². The van der Waals surface area contributed by atoms with Gasteiger partial charge in [0.2, 0.25) is 0 Å². The van der Waals surface area contributed by atoms with Crippen molar-refractivity contribution < 1.29 is 13.9 Å². The molecule has 0 spiro atoms. The number of furan rings is 1. The summed E-state index contributed by atoms with van der Waals surface area (Å²) in [5.74, 6) is 0.210. The van der Waals surface area contributed by atoms with E-state index in [1.165, 1.54) is 6.07 Å². The van der Waals surface area contributed by atoms with E-state index in [2.05, 4.69) is 10.4 Å². The van der Waals surface area contributed by atoms with Gasteiger partial charge in [-0.05, 0) is 24.3 Å². The van der Waals surface area contributed by atoms with Crippen LogP contribution in [0.5, 0.6) is 5.75 Å². The van der Waals surface area contributed by atoms with Crippen LogP contribution in [0.4, 0.5) is 5.82 Å². The van der Waals surface area contributed by atoms with Gasteiger partial charge >= 0.3 is 0 Å². The van der Waals surface area contributed by atoms with Gasteiger partial charge in [-0.15, -0.1) is 0 Å². The molecule has 4 rings (SSSR count). The molecule has 13 heteroatoms. The Morgan fingerprint density at radius 2 is 1.51 bits per heavy atom. The molecular weight excluding hydrogens is 602 g/mol. The molecule has 2 aromatic carbocycles. The second kappa shape index (κ2) is 11.1. The number of hydrogen-bond donors (Lipinski definition) is 1. The molecule has 0 unspecified atom stereocenters. The minimum atomic E-state index is -0.508. The quantitative estimate of drug-likeness (QED) is 0.167. The molecule has 0 aliphatic heterocycles. The van der Waals surface area contributed by atoms with E-state index in [9.17, 15) is 4.79 Å². The second-order valence-electron chi connectivity index (χ2n) is 7.01. The number of halogens is 7. The van der Waals surface area contributed by atoms with Gasteiger partial charge in [-0.2, -0.15) is 5.10 Å². The first-order valence-electron chi connectivity index (χ1n) is 9.66. The van der Waals surface area contributed by atoms with Crippen LogP contribution in [0.15, 0.2) is 47.0 Å². The number of hydrogen-bond acceptors (Lipinski definition) is 4. The SMILES string of the molecule is O=C(Nc1ccn(Cc2c(Cl)cccc2Cl)n1)c1ccc(COc2c(Cl)c(Cl)c(Cl)c(Cl)c2Cl)o1. The van der Waals surface area contributed by atoms with E-state index in [1.54, 1.807) is 41.2 Å². The van der Waals surface area contributed by atoms with Gasteiger partial charge in [-0.1, -0.05) is 87.3 Å². The van der Waals surface area contributed by atoms with Gasteiger partial charge in [0.05, 0.1) is 21.6 Å². The number of nitrogens with one attached hydrogen (secondary N) is 1. The minimum absolute atomic E-state index is 0.00394. The van der Waals surface area contributed by atoms with E-state index in [0.29, 0.717) is 28.2 Å². The Morgan fingerprint density at radius 1 is 0.886 bits per heavy atom. The average Bonchev–Trinajstić information content (AvgIpc) is 3.48. The van der Waals surface area contributed by atoms with E-state index in [0.717, 1.165) is 5.56 Å². The standard InChI is InChI=1S/C22H12Cl7N3O3/c23-12-2-1-3-13(24)11(12)8-32-7-6-15(31-32)30-22(33)14-5-4-10(35-14)9-34-21-19(28)17(26)16(25)18(27)20(21)29/h1-7H,8-9H2,(H,30,31,33). The van der Waals surface area contributed by atoms with Crippen molar-refractivity contribution in [2.24, 2.45) is 0 Å². The molecular formula is C22H12Cl7N3O3. The van der Waals surface area contributed by atoms with Crippen LogP contribution in [0.1, 0.15) is 21.9 Å². The summed E-state index contributed by atoms with van der Waals surface area (Å²) in [7, 11) is 0. The molecule has 1 amide bonds. The third-order valence-electron chi connectivity index (χ3n) is 4.68. The smallest absolute Gasteiger partial charge is 0.292 e. The van der Waals surface area contributed by atoms with Gasteiger partial charge in [0.15, 0.2) is 17.3 Å². The molecule has 6 nitrogen and oxygen atoms in total. The Bertz CT molecular complexity index is 1370. The van der Waals surface area contributed by atoms with E-state index >= 15 is 0 Å². The first kappa shape index (κ1) is 26.3. The summed E-state index contributed by atoms with van der Waals surface area (Å²) in [6.07, 6.45) is 1.69. The molecule has 1 N–H and O–H groups in total. The van der Waals surface area contributed by atoms with Gasteiger partial charge in [0.1, 0.15) is 22.4 Å². The molecule has 0 atom stereocenters. The molecule has 0 bridgehead atoms. The maximum atomic E-state index is 12.6. The van der Waals surface area contributed by atoms with Crippen LogP contribution in [0.2, 0.25) is 35.2 Å². The van der Waals surface area contributed by atoms with Crippen LogP contribution in [0.25, 0.3) is 0 Å². The predicted octanol–water partition coefficient (Wildman–Crippen LogP) is 8.93. The third-order valence-corrected chi connectivity index (χ3v) is 7.63. The van der Waals surface area contributed by atoms with Crippen molar-refractivity contribution in [3.63, 3.8) is 0 Å². The molecule has 0 aliphatic rings. The number of aromatic nitrogens is 2. The summed E-state index contributed by atoms with van der Waals surface area (Å²) in [5.41, 5.74) is 0.718. The monoisotopic (exact) mass is 611 g/mol. The molecule has 0 saturated carbocycles. The zero-order valence-electron chi connectivity index (χ0n) is 17.2. The van der Waals surface area contributed by atoms with E-state index in [4.69, 9.17) is 90.4 Å². The van der Waals surface area contributed by atoms with E-state index < -0.39 is 5.91 Å². The number of benzene rings is 2. The molecule has 4 aromatic rings. The number of rotatable bonds is 7. The van der Waals surface area contributed by atoms with Crippen molar-refractivity contribution in [2.45, 2.75) is 13.2 Å². The zero-order valence-corrected chi connectivity index (χ0v) is 22.5. The number of nitrogens with zero attached hydrogens (tertiary/aromatic N) is 2. The predicted molar refractivity (Wildman–Crippen MR) is 140 cm³/mol. The van der Waals surface area contributed by atoms with Crippen LogP contribution in [-0.2, 0) is 13.2 Å². The van der Waals surface area contributed by atoms with Crippen LogP contribution in [0, 0.1) is 0 Å².